The van der Waals surface area contributed by atoms with Crippen molar-refractivity contribution in [2.75, 3.05) is 78.8 Å². The van der Waals surface area contributed by atoms with Crippen LogP contribution in [-0.2, 0) is 9.47 Å². The summed E-state index contributed by atoms with van der Waals surface area (Å²) in [6.45, 7) is 9.47. The van der Waals surface area contributed by atoms with Crippen molar-refractivity contribution in [2.24, 2.45) is 0 Å². The van der Waals surface area contributed by atoms with Gasteiger partial charge in [-0.15, -0.1) is 0 Å². The van der Waals surface area contributed by atoms with E-state index in [4.69, 9.17) is 14.2 Å². The number of hydrogen-bond acceptors (Lipinski definition) is 7. The Morgan fingerprint density at radius 1 is 1.08 bits per heavy atom. The molecule has 1 amide bonds. The van der Waals surface area contributed by atoms with Gasteiger partial charge in [0, 0.05) is 57.9 Å². The van der Waals surface area contributed by atoms with E-state index in [9.17, 15) is 14.3 Å². The average Bonchev–Trinajstić information content (AvgIpc) is 2.91. The Hall–Kier alpha value is -2.56. The van der Waals surface area contributed by atoms with Crippen molar-refractivity contribution < 1.29 is 28.5 Å². The van der Waals surface area contributed by atoms with Crippen molar-refractivity contribution >= 4 is 5.91 Å². The van der Waals surface area contributed by atoms with Crippen molar-refractivity contribution in [3.63, 3.8) is 0 Å². The number of β-amino-alcohol motifs (C(OH)–C–C–N with tert-alkyl or cyclic N) is 1. The van der Waals surface area contributed by atoms with Crippen LogP contribution in [-0.4, -0.2) is 117 Å². The monoisotopic (exact) mass is 515 g/mol. The smallest absolute Gasteiger partial charge is 0.253 e. The molecule has 2 aromatic rings. The fraction of sp³-hybridized carbons (Fsp3) is 0.536. The first-order chi connectivity index (χ1) is 18.0. The lowest BCUT2D eigenvalue weighted by Crippen LogP contribution is -2.52. The molecular weight excluding hydrogens is 477 g/mol. The van der Waals surface area contributed by atoms with E-state index in [0.29, 0.717) is 50.6 Å². The van der Waals surface area contributed by atoms with Crippen LogP contribution < -0.4 is 4.74 Å². The van der Waals surface area contributed by atoms with Crippen molar-refractivity contribution in [2.45, 2.75) is 19.1 Å². The highest BCUT2D eigenvalue weighted by Gasteiger charge is 2.27. The van der Waals surface area contributed by atoms with Crippen LogP contribution in [0, 0.1) is 12.7 Å². The highest BCUT2D eigenvalue weighted by atomic mass is 19.1. The quantitative estimate of drug-likeness (QED) is 0.491. The maximum absolute atomic E-state index is 13.4. The summed E-state index contributed by atoms with van der Waals surface area (Å²) in [6, 6.07) is 13.4. The van der Waals surface area contributed by atoms with Gasteiger partial charge < -0.3 is 24.2 Å². The van der Waals surface area contributed by atoms with E-state index >= 15 is 0 Å². The Labute approximate surface area is 218 Å². The number of carbonyl (C=O) groups is 1. The van der Waals surface area contributed by atoms with Gasteiger partial charge in [0.2, 0.25) is 0 Å². The van der Waals surface area contributed by atoms with Gasteiger partial charge in [-0.05, 0) is 43.3 Å². The molecule has 1 N–H and O–H groups in total. The lowest BCUT2D eigenvalue weighted by Gasteiger charge is -2.37. The van der Waals surface area contributed by atoms with Crippen LogP contribution in [0.4, 0.5) is 4.39 Å². The molecular formula is C28H38FN3O5. The molecule has 0 spiro atoms. The van der Waals surface area contributed by atoms with Crippen LogP contribution in [0.1, 0.15) is 15.9 Å². The molecule has 9 heteroatoms. The minimum Gasteiger partial charge on any atom is -0.491 e. The molecule has 2 aromatic carbocycles. The summed E-state index contributed by atoms with van der Waals surface area (Å²) in [5.41, 5.74) is 1.79. The Balaban J connectivity index is 1.31. The summed E-state index contributed by atoms with van der Waals surface area (Å²) in [6.07, 6.45) is -0.853. The summed E-state index contributed by atoms with van der Waals surface area (Å²) in [5, 5.41) is 10.5. The van der Waals surface area contributed by atoms with Gasteiger partial charge in [0.25, 0.3) is 5.91 Å². The molecule has 4 rings (SSSR count). The van der Waals surface area contributed by atoms with Crippen molar-refractivity contribution in [3.8, 4) is 5.75 Å². The highest BCUT2D eigenvalue weighted by Crippen LogP contribution is 2.14. The van der Waals surface area contributed by atoms with Crippen LogP contribution in [0.5, 0.6) is 5.75 Å². The minimum absolute atomic E-state index is 0.00159. The SMILES string of the molecule is Cc1ccc(C(=O)N(CCN2CCOCC2)C[C@H]2CN(C[C@H](O)COc3ccc(F)cc3)CCO2)cc1. The number of aliphatic hydroxyl groups excluding tert-OH is 1. The number of morpholine rings is 2. The summed E-state index contributed by atoms with van der Waals surface area (Å²) < 4.78 is 30.2. The fourth-order valence-corrected chi connectivity index (χ4v) is 4.62. The van der Waals surface area contributed by atoms with Gasteiger partial charge in [0.1, 0.15) is 24.3 Å². The van der Waals surface area contributed by atoms with Gasteiger partial charge in [-0.1, -0.05) is 17.7 Å². The zero-order chi connectivity index (χ0) is 26.0. The van der Waals surface area contributed by atoms with Gasteiger partial charge in [-0.2, -0.15) is 0 Å². The second-order valence-corrected chi connectivity index (χ2v) is 9.74. The van der Waals surface area contributed by atoms with E-state index in [1.54, 1.807) is 12.1 Å². The van der Waals surface area contributed by atoms with Crippen molar-refractivity contribution in [3.05, 3.63) is 65.5 Å². The molecule has 0 unspecified atom stereocenters. The molecule has 2 fully saturated rings. The molecule has 2 aliphatic rings. The summed E-state index contributed by atoms with van der Waals surface area (Å²) in [4.78, 5) is 19.8. The average molecular weight is 516 g/mol. The molecule has 8 nitrogen and oxygen atoms in total. The molecule has 2 aliphatic heterocycles. The molecule has 202 valence electrons. The highest BCUT2D eigenvalue weighted by molar-refractivity contribution is 5.94. The van der Waals surface area contributed by atoms with E-state index in [0.717, 1.165) is 38.4 Å². The predicted octanol–water partition coefficient (Wildman–Crippen LogP) is 2.05. The molecule has 0 bridgehead atoms. The number of hydrogen-bond donors (Lipinski definition) is 1. The fourth-order valence-electron chi connectivity index (χ4n) is 4.62. The summed E-state index contributed by atoms with van der Waals surface area (Å²) in [5.74, 6) is 0.194. The standard InChI is InChI=1S/C28H38FN3O5/c1-22-2-4-23(5-3-22)28(34)32(11-10-30-12-15-35-16-13-30)20-27-19-31(14-17-36-27)18-25(33)21-37-26-8-6-24(29)7-9-26/h2-9,25,27,33H,10-21H2,1H3/t25-,27+/m0/s1. The summed E-state index contributed by atoms with van der Waals surface area (Å²) in [7, 11) is 0. The zero-order valence-corrected chi connectivity index (χ0v) is 21.6. The minimum atomic E-state index is -0.699. The van der Waals surface area contributed by atoms with Gasteiger partial charge in [-0.25, -0.2) is 4.39 Å². The largest absolute Gasteiger partial charge is 0.491 e. The van der Waals surface area contributed by atoms with Crippen LogP contribution in [0.3, 0.4) is 0 Å². The van der Waals surface area contributed by atoms with Crippen molar-refractivity contribution in [1.29, 1.82) is 0 Å². The number of nitrogens with zero attached hydrogens (tertiary/aromatic N) is 3. The third kappa shape index (κ3) is 8.76. The van der Waals surface area contributed by atoms with E-state index in [1.165, 1.54) is 12.1 Å². The van der Waals surface area contributed by atoms with E-state index < -0.39 is 6.10 Å². The molecule has 2 saturated heterocycles. The lowest BCUT2D eigenvalue weighted by molar-refractivity contribution is -0.0545. The number of ether oxygens (including phenoxy) is 3. The van der Waals surface area contributed by atoms with E-state index in [-0.39, 0.29) is 24.4 Å². The topological polar surface area (TPSA) is 74.7 Å². The molecule has 0 aromatic heterocycles. The third-order valence-electron chi connectivity index (χ3n) is 6.75. The number of rotatable bonds is 11. The Kier molecular flexibility index (Phi) is 10.3. The molecule has 2 atom stereocenters. The maximum Gasteiger partial charge on any atom is 0.253 e. The first-order valence-corrected chi connectivity index (χ1v) is 13.0. The third-order valence-corrected chi connectivity index (χ3v) is 6.75. The van der Waals surface area contributed by atoms with Crippen LogP contribution >= 0.6 is 0 Å². The Morgan fingerprint density at radius 2 is 1.78 bits per heavy atom. The van der Waals surface area contributed by atoms with Gasteiger partial charge in [0.15, 0.2) is 0 Å². The van der Waals surface area contributed by atoms with Crippen LogP contribution in [0.2, 0.25) is 0 Å². The number of halogens is 1. The zero-order valence-electron chi connectivity index (χ0n) is 21.6. The van der Waals surface area contributed by atoms with Crippen molar-refractivity contribution in [1.82, 2.24) is 14.7 Å². The molecule has 2 heterocycles. The number of amides is 1. The molecule has 0 saturated carbocycles. The molecule has 37 heavy (non-hydrogen) atoms. The van der Waals surface area contributed by atoms with Crippen LogP contribution in [0.25, 0.3) is 0 Å². The first kappa shape index (κ1) is 27.5. The maximum atomic E-state index is 13.4. The second kappa shape index (κ2) is 13.8. The normalized spacial score (nSPS) is 19.9. The summed E-state index contributed by atoms with van der Waals surface area (Å²) >= 11 is 0. The molecule has 0 aliphatic carbocycles. The Bertz CT molecular complexity index is 969. The lowest BCUT2D eigenvalue weighted by atomic mass is 10.1. The van der Waals surface area contributed by atoms with Gasteiger partial charge >= 0.3 is 0 Å². The van der Waals surface area contributed by atoms with E-state index in [1.807, 2.05) is 36.1 Å². The Morgan fingerprint density at radius 3 is 2.51 bits per heavy atom. The van der Waals surface area contributed by atoms with Crippen LogP contribution in [0.15, 0.2) is 48.5 Å². The first-order valence-electron chi connectivity index (χ1n) is 13.0. The number of carbonyl (C=O) groups excluding carboxylic acids is 1. The van der Waals surface area contributed by atoms with Gasteiger partial charge in [0.05, 0.1) is 25.9 Å². The predicted molar refractivity (Wildman–Crippen MR) is 138 cm³/mol. The molecule has 0 radical (unpaired) electrons. The van der Waals surface area contributed by atoms with Gasteiger partial charge in [-0.3, -0.25) is 14.6 Å². The number of benzene rings is 2. The second-order valence-electron chi connectivity index (χ2n) is 9.74. The number of aliphatic hydroxyl groups is 1. The number of aryl methyl sites for hydroxylation is 1. The van der Waals surface area contributed by atoms with E-state index in [2.05, 4.69) is 9.80 Å².